The summed E-state index contributed by atoms with van der Waals surface area (Å²) in [6.45, 7) is 0. The van der Waals surface area contributed by atoms with E-state index in [1.807, 2.05) is 0 Å². The molecule has 2 rings (SSSR count). The fourth-order valence-corrected chi connectivity index (χ4v) is 1.71. The molecule has 6 heteroatoms. The van der Waals surface area contributed by atoms with Crippen LogP contribution in [0.3, 0.4) is 0 Å². The van der Waals surface area contributed by atoms with E-state index >= 15 is 0 Å². The van der Waals surface area contributed by atoms with Crippen molar-refractivity contribution < 1.29 is 26.9 Å². The largest absolute Gasteiger partial charge is 0.506 e. The molecule has 0 bridgehead atoms. The third-order valence-electron chi connectivity index (χ3n) is 2.71. The van der Waals surface area contributed by atoms with Crippen LogP contribution in [0.25, 0.3) is 11.1 Å². The van der Waals surface area contributed by atoms with Crippen LogP contribution in [-0.4, -0.2) is 26.9 Å². The SMILES string of the molecule is [2H]c1cc(F)cc(-c2cnc(C(=O)CCC(=O)O)c(O)c2)c1[2H]. The Labute approximate surface area is 122 Å². The highest BCUT2D eigenvalue weighted by Crippen LogP contribution is 2.26. The summed E-state index contributed by atoms with van der Waals surface area (Å²) in [6, 6.07) is 2.50. The number of ketones is 1. The number of hydrogen-bond acceptors (Lipinski definition) is 4. The van der Waals surface area contributed by atoms with Crippen LogP contribution in [0.5, 0.6) is 5.75 Å². The fraction of sp³-hybridized carbons (Fsp3) is 0.133. The summed E-state index contributed by atoms with van der Waals surface area (Å²) in [5, 5.41) is 18.4. The topological polar surface area (TPSA) is 87.5 Å². The molecule has 0 fully saturated rings. The molecule has 0 unspecified atom stereocenters. The van der Waals surface area contributed by atoms with Crippen molar-refractivity contribution in [2.75, 3.05) is 0 Å². The van der Waals surface area contributed by atoms with Gasteiger partial charge in [-0.2, -0.15) is 0 Å². The van der Waals surface area contributed by atoms with E-state index in [0.717, 1.165) is 18.2 Å². The van der Waals surface area contributed by atoms with Gasteiger partial charge in [-0.15, -0.1) is 0 Å². The molecule has 2 aromatic rings. The van der Waals surface area contributed by atoms with E-state index in [0.29, 0.717) is 0 Å². The van der Waals surface area contributed by atoms with Gasteiger partial charge in [0.05, 0.1) is 9.16 Å². The van der Waals surface area contributed by atoms with Crippen LogP contribution in [0.4, 0.5) is 4.39 Å². The van der Waals surface area contributed by atoms with Gasteiger partial charge in [-0.05, 0) is 23.8 Å². The number of carbonyl (C=O) groups excluding carboxylic acids is 1. The number of aromatic nitrogens is 1. The number of carbonyl (C=O) groups is 2. The first kappa shape index (κ1) is 12.0. The highest BCUT2D eigenvalue weighted by molar-refractivity contribution is 5.98. The molecule has 0 aliphatic heterocycles. The third-order valence-corrected chi connectivity index (χ3v) is 2.71. The molecule has 1 aromatic heterocycles. The summed E-state index contributed by atoms with van der Waals surface area (Å²) >= 11 is 0. The molecule has 0 saturated heterocycles. The van der Waals surface area contributed by atoms with Crippen molar-refractivity contribution in [3.63, 3.8) is 0 Å². The predicted octanol–water partition coefficient (Wildman–Crippen LogP) is 2.64. The molecule has 0 amide bonds. The second-order valence-corrected chi connectivity index (χ2v) is 4.27. The van der Waals surface area contributed by atoms with E-state index in [1.165, 1.54) is 6.20 Å². The van der Waals surface area contributed by atoms with E-state index < -0.39 is 23.3 Å². The van der Waals surface area contributed by atoms with Gasteiger partial charge in [0.15, 0.2) is 5.78 Å². The van der Waals surface area contributed by atoms with Crippen molar-refractivity contribution in [1.29, 1.82) is 0 Å². The van der Waals surface area contributed by atoms with E-state index in [9.17, 15) is 19.1 Å². The van der Waals surface area contributed by atoms with Crippen molar-refractivity contribution in [1.82, 2.24) is 4.98 Å². The molecular formula is C15H12FNO4. The van der Waals surface area contributed by atoms with Gasteiger partial charge in [-0.25, -0.2) is 9.37 Å². The lowest BCUT2D eigenvalue weighted by molar-refractivity contribution is -0.136. The van der Waals surface area contributed by atoms with Crippen LogP contribution in [0.1, 0.15) is 26.1 Å². The Bertz CT molecular complexity index is 795. The highest BCUT2D eigenvalue weighted by atomic mass is 19.1. The second-order valence-electron chi connectivity index (χ2n) is 4.27. The summed E-state index contributed by atoms with van der Waals surface area (Å²) in [4.78, 5) is 26.0. The van der Waals surface area contributed by atoms with Gasteiger partial charge in [-0.1, -0.05) is 12.1 Å². The lowest BCUT2D eigenvalue weighted by Gasteiger charge is -2.06. The lowest BCUT2D eigenvalue weighted by Crippen LogP contribution is -2.06. The standard InChI is InChI=1S/C15H12FNO4/c16-11-3-1-2-9(6-11)10-7-13(19)15(17-8-10)12(18)4-5-14(20)21/h1-3,6-8,19H,4-5H2,(H,20,21)/i1D,2D. The monoisotopic (exact) mass is 291 g/mol. The number of nitrogens with zero attached hydrogens (tertiary/aromatic N) is 1. The Morgan fingerprint density at radius 3 is 2.71 bits per heavy atom. The van der Waals surface area contributed by atoms with Gasteiger partial charge in [-0.3, -0.25) is 9.59 Å². The third kappa shape index (κ3) is 3.62. The Morgan fingerprint density at radius 1 is 1.29 bits per heavy atom. The zero-order valence-corrected chi connectivity index (χ0v) is 10.8. The molecule has 0 spiro atoms. The summed E-state index contributed by atoms with van der Waals surface area (Å²) in [5.41, 5.74) is -0.0540. The highest BCUT2D eigenvalue weighted by Gasteiger charge is 2.15. The summed E-state index contributed by atoms with van der Waals surface area (Å²) in [7, 11) is 0. The minimum atomic E-state index is -1.14. The minimum absolute atomic E-state index is 0.0577. The smallest absolute Gasteiger partial charge is 0.303 e. The molecule has 0 saturated carbocycles. The maximum absolute atomic E-state index is 13.4. The fourth-order valence-electron chi connectivity index (χ4n) is 1.71. The second kappa shape index (κ2) is 6.13. The van der Waals surface area contributed by atoms with Crippen LogP contribution in [0, 0.1) is 5.82 Å². The number of carboxylic acid groups (broad SMARTS) is 1. The molecule has 0 atom stereocenters. The minimum Gasteiger partial charge on any atom is -0.506 e. The van der Waals surface area contributed by atoms with Crippen LogP contribution in [0.2, 0.25) is 0 Å². The molecule has 0 aliphatic carbocycles. The van der Waals surface area contributed by atoms with Gasteiger partial charge in [0.25, 0.3) is 0 Å². The van der Waals surface area contributed by atoms with E-state index in [-0.39, 0.29) is 41.7 Å². The maximum atomic E-state index is 13.4. The molecule has 0 aliphatic rings. The molecule has 1 heterocycles. The normalized spacial score (nSPS) is 11.7. The van der Waals surface area contributed by atoms with Gasteiger partial charge in [0.2, 0.25) is 0 Å². The summed E-state index contributed by atoms with van der Waals surface area (Å²) in [6.07, 6.45) is 0.473. The number of aliphatic carboxylic acids is 1. The molecular weight excluding hydrogens is 277 g/mol. The molecule has 2 N–H and O–H groups in total. The Kier molecular flexibility index (Phi) is 3.51. The maximum Gasteiger partial charge on any atom is 0.303 e. The molecule has 1 aromatic carbocycles. The molecule has 108 valence electrons. The van der Waals surface area contributed by atoms with Crippen LogP contribution in [0.15, 0.2) is 36.5 Å². The zero-order valence-electron chi connectivity index (χ0n) is 12.8. The predicted molar refractivity (Wildman–Crippen MR) is 72.5 cm³/mol. The first-order chi connectivity index (χ1) is 10.8. The number of pyridine rings is 1. The van der Waals surface area contributed by atoms with Crippen molar-refractivity contribution in [3.8, 4) is 16.9 Å². The number of hydrogen-bond donors (Lipinski definition) is 2. The van der Waals surface area contributed by atoms with Gasteiger partial charge in [0.1, 0.15) is 17.3 Å². The average molecular weight is 291 g/mol. The molecule has 21 heavy (non-hydrogen) atoms. The van der Waals surface area contributed by atoms with Crippen LogP contribution in [-0.2, 0) is 4.79 Å². The van der Waals surface area contributed by atoms with Crippen molar-refractivity contribution in [3.05, 3.63) is 48.0 Å². The Hall–Kier alpha value is -2.76. The van der Waals surface area contributed by atoms with E-state index in [2.05, 4.69) is 4.98 Å². The molecule has 5 nitrogen and oxygen atoms in total. The van der Waals surface area contributed by atoms with Crippen molar-refractivity contribution >= 4 is 11.8 Å². The first-order valence-electron chi connectivity index (χ1n) is 7.00. The zero-order chi connectivity index (χ0) is 17.1. The Balaban J connectivity index is 2.37. The first-order valence-corrected chi connectivity index (χ1v) is 6.00. The number of carboxylic acids is 1. The number of Topliss-reactive ketones (excluding diaryl/α,β-unsaturated/α-hetero) is 1. The van der Waals surface area contributed by atoms with Gasteiger partial charge < -0.3 is 10.2 Å². The average Bonchev–Trinajstić information content (AvgIpc) is 2.48. The summed E-state index contributed by atoms with van der Waals surface area (Å²) in [5.74, 6) is -2.98. The lowest BCUT2D eigenvalue weighted by atomic mass is 10.1. The number of halogens is 1. The molecule has 0 radical (unpaired) electrons. The Morgan fingerprint density at radius 2 is 2.05 bits per heavy atom. The number of rotatable bonds is 5. The van der Waals surface area contributed by atoms with Crippen molar-refractivity contribution in [2.45, 2.75) is 12.8 Å². The quantitative estimate of drug-likeness (QED) is 0.827. The number of benzene rings is 1. The number of aromatic hydroxyl groups is 1. The van der Waals surface area contributed by atoms with Crippen LogP contribution < -0.4 is 0 Å². The van der Waals surface area contributed by atoms with E-state index in [4.69, 9.17) is 7.85 Å². The summed E-state index contributed by atoms with van der Waals surface area (Å²) < 4.78 is 28.6. The van der Waals surface area contributed by atoms with Crippen molar-refractivity contribution in [2.24, 2.45) is 0 Å². The van der Waals surface area contributed by atoms with Crippen LogP contribution >= 0.6 is 0 Å². The van der Waals surface area contributed by atoms with E-state index in [1.54, 1.807) is 0 Å². The van der Waals surface area contributed by atoms with Gasteiger partial charge >= 0.3 is 5.97 Å². The van der Waals surface area contributed by atoms with Gasteiger partial charge in [0, 0.05) is 18.2 Å².